The van der Waals surface area contributed by atoms with E-state index in [0.717, 1.165) is 72.1 Å². The molecule has 0 spiro atoms. The van der Waals surface area contributed by atoms with Crippen LogP contribution in [0, 0.1) is 0 Å². The molecule has 4 aromatic heterocycles. The lowest BCUT2D eigenvalue weighted by Crippen LogP contribution is -1.92. The first-order valence-corrected chi connectivity index (χ1v) is 18.3. The summed E-state index contributed by atoms with van der Waals surface area (Å²) >= 11 is 1.86. The van der Waals surface area contributed by atoms with Crippen LogP contribution in [-0.2, 0) is 0 Å². The van der Waals surface area contributed by atoms with Crippen LogP contribution in [0.4, 0.5) is 0 Å². The van der Waals surface area contributed by atoms with Gasteiger partial charge in [-0.1, -0.05) is 121 Å². The van der Waals surface area contributed by atoms with Crippen molar-refractivity contribution >= 4 is 75.0 Å². The van der Waals surface area contributed by atoms with Gasteiger partial charge in [0.15, 0.2) is 0 Å². The van der Waals surface area contributed by atoms with Gasteiger partial charge in [0.1, 0.15) is 11.2 Å². The van der Waals surface area contributed by atoms with Gasteiger partial charge in [0.05, 0.1) is 11.4 Å². The van der Waals surface area contributed by atoms with Gasteiger partial charge in [-0.25, -0.2) is 4.98 Å². The van der Waals surface area contributed by atoms with Crippen LogP contribution in [-0.4, -0.2) is 9.97 Å². The van der Waals surface area contributed by atoms with Crippen molar-refractivity contribution in [3.05, 3.63) is 170 Å². The maximum Gasteiger partial charge on any atom is 0.143 e. The van der Waals surface area contributed by atoms with Gasteiger partial charge >= 0.3 is 0 Å². The van der Waals surface area contributed by atoms with E-state index in [0.29, 0.717) is 0 Å². The molecular weight excluding hydrogens is 653 g/mol. The van der Waals surface area contributed by atoms with Crippen molar-refractivity contribution in [1.82, 2.24) is 9.97 Å². The molecule has 0 saturated heterocycles. The third-order valence-electron chi connectivity index (χ3n) is 10.3. The van der Waals surface area contributed by atoms with Crippen LogP contribution in [0.1, 0.15) is 0 Å². The Hall–Kier alpha value is -6.62. The van der Waals surface area contributed by atoms with E-state index in [1.165, 1.54) is 36.3 Å². The summed E-state index contributed by atoms with van der Waals surface area (Å²) in [5, 5.41) is 9.66. The van der Waals surface area contributed by atoms with E-state index in [4.69, 9.17) is 9.40 Å². The highest BCUT2D eigenvalue weighted by molar-refractivity contribution is 7.26. The molecule has 4 heterocycles. The van der Waals surface area contributed by atoms with E-state index < -0.39 is 0 Å². The minimum absolute atomic E-state index is 0.873. The maximum atomic E-state index is 6.77. The molecule has 11 aromatic rings. The zero-order valence-corrected chi connectivity index (χ0v) is 28.7. The smallest absolute Gasteiger partial charge is 0.143 e. The van der Waals surface area contributed by atoms with Gasteiger partial charge in [-0.05, 0) is 58.1 Å². The monoisotopic (exact) mass is 680 g/mol. The van der Waals surface area contributed by atoms with Gasteiger partial charge in [-0.15, -0.1) is 11.3 Å². The summed E-state index contributed by atoms with van der Waals surface area (Å²) in [6, 6.07) is 56.3. The lowest BCUT2D eigenvalue weighted by molar-refractivity contribution is 0.671. The predicted molar refractivity (Wildman–Crippen MR) is 219 cm³/mol. The standard InChI is InChI=1S/C48H28N2OS/c1-2-10-29(11-3-1)46-37-21-22-43-45(41-25-30-12-4-5-13-31(30)26-44(41)52-43)40(37)27-42(50-46)33-15-6-14-32(24-33)35-17-7-19-38-39-20-8-18-36(48(39)51-47(35)38)34-16-9-23-49-28-34/h1-28H. The van der Waals surface area contributed by atoms with E-state index in [-0.39, 0.29) is 0 Å². The second-order valence-electron chi connectivity index (χ2n) is 13.3. The summed E-state index contributed by atoms with van der Waals surface area (Å²) in [5.41, 5.74) is 10.0. The molecule has 0 bridgehead atoms. The van der Waals surface area contributed by atoms with Crippen molar-refractivity contribution < 1.29 is 4.42 Å². The van der Waals surface area contributed by atoms with Crippen LogP contribution in [0.25, 0.3) is 108 Å². The van der Waals surface area contributed by atoms with Gasteiger partial charge in [0.2, 0.25) is 0 Å². The molecular formula is C48H28N2OS. The third-order valence-corrected chi connectivity index (χ3v) is 11.4. The summed E-state index contributed by atoms with van der Waals surface area (Å²) in [6.45, 7) is 0. The number of nitrogens with zero attached hydrogens (tertiary/aromatic N) is 2. The molecule has 4 heteroatoms. The van der Waals surface area contributed by atoms with Crippen LogP contribution in [0.3, 0.4) is 0 Å². The summed E-state index contributed by atoms with van der Waals surface area (Å²) in [5.74, 6) is 0. The Morgan fingerprint density at radius 2 is 1.13 bits per heavy atom. The summed E-state index contributed by atoms with van der Waals surface area (Å²) in [7, 11) is 0. The van der Waals surface area contributed by atoms with E-state index in [2.05, 4.69) is 157 Å². The maximum absolute atomic E-state index is 6.77. The zero-order chi connectivity index (χ0) is 34.2. The van der Waals surface area contributed by atoms with Crippen molar-refractivity contribution in [3.8, 4) is 44.8 Å². The number of para-hydroxylation sites is 2. The number of fused-ring (bicyclic) bond motifs is 9. The molecule has 0 fully saturated rings. The van der Waals surface area contributed by atoms with Crippen LogP contribution >= 0.6 is 11.3 Å². The van der Waals surface area contributed by atoms with Crippen LogP contribution in [0.5, 0.6) is 0 Å². The molecule has 0 amide bonds. The summed E-state index contributed by atoms with van der Waals surface area (Å²) in [4.78, 5) is 9.78. The highest BCUT2D eigenvalue weighted by Gasteiger charge is 2.18. The van der Waals surface area contributed by atoms with E-state index >= 15 is 0 Å². The van der Waals surface area contributed by atoms with Crippen LogP contribution in [0.15, 0.2) is 175 Å². The second kappa shape index (κ2) is 11.5. The van der Waals surface area contributed by atoms with Crippen molar-refractivity contribution in [3.63, 3.8) is 0 Å². The van der Waals surface area contributed by atoms with E-state index in [1.807, 2.05) is 23.6 Å². The Bertz CT molecular complexity index is 3180. The molecule has 0 unspecified atom stereocenters. The minimum Gasteiger partial charge on any atom is -0.455 e. The van der Waals surface area contributed by atoms with Gasteiger partial charge in [0.25, 0.3) is 0 Å². The molecule has 0 radical (unpaired) electrons. The fraction of sp³-hybridized carbons (Fsp3) is 0. The number of rotatable bonds is 4. The minimum atomic E-state index is 0.873. The van der Waals surface area contributed by atoms with Crippen LogP contribution in [0.2, 0.25) is 0 Å². The molecule has 3 nitrogen and oxygen atoms in total. The normalized spacial score (nSPS) is 11.8. The Morgan fingerprint density at radius 3 is 1.92 bits per heavy atom. The Balaban J connectivity index is 1.14. The second-order valence-corrected chi connectivity index (χ2v) is 14.4. The first-order chi connectivity index (χ1) is 25.8. The molecule has 0 N–H and O–H groups in total. The number of furan rings is 1. The molecule has 0 atom stereocenters. The molecule has 242 valence electrons. The summed E-state index contributed by atoms with van der Waals surface area (Å²) in [6.07, 6.45) is 3.69. The largest absolute Gasteiger partial charge is 0.455 e. The van der Waals surface area contributed by atoms with Crippen molar-refractivity contribution in [2.45, 2.75) is 0 Å². The molecule has 0 aliphatic heterocycles. The molecule has 0 aliphatic carbocycles. The molecule has 11 rings (SSSR count). The highest BCUT2D eigenvalue weighted by atomic mass is 32.1. The fourth-order valence-electron chi connectivity index (χ4n) is 7.89. The SMILES string of the molecule is c1ccc(-c2nc(-c3cccc(-c4cccc5c4oc4c(-c6cccnc6)cccc45)c3)cc3c2ccc2sc4cc5ccccc5cc4c23)cc1. The lowest BCUT2D eigenvalue weighted by atomic mass is 9.95. The number of aromatic nitrogens is 2. The average Bonchev–Trinajstić information content (AvgIpc) is 3.78. The van der Waals surface area contributed by atoms with E-state index in [9.17, 15) is 0 Å². The number of benzene rings is 7. The fourth-order valence-corrected chi connectivity index (χ4v) is 9.04. The molecule has 0 aliphatic rings. The van der Waals surface area contributed by atoms with Crippen molar-refractivity contribution in [2.75, 3.05) is 0 Å². The number of hydrogen-bond acceptors (Lipinski definition) is 4. The number of hydrogen-bond donors (Lipinski definition) is 0. The number of pyridine rings is 2. The Kier molecular flexibility index (Phi) is 6.42. The Labute approximate surface area is 303 Å². The van der Waals surface area contributed by atoms with Gasteiger partial charge in [-0.3, -0.25) is 4.98 Å². The van der Waals surface area contributed by atoms with E-state index in [1.54, 1.807) is 6.20 Å². The van der Waals surface area contributed by atoms with Gasteiger partial charge in [0, 0.05) is 76.5 Å². The first-order valence-electron chi connectivity index (χ1n) is 17.5. The van der Waals surface area contributed by atoms with Gasteiger partial charge < -0.3 is 4.42 Å². The van der Waals surface area contributed by atoms with Crippen molar-refractivity contribution in [2.24, 2.45) is 0 Å². The highest BCUT2D eigenvalue weighted by Crippen LogP contribution is 2.44. The topological polar surface area (TPSA) is 38.9 Å². The lowest BCUT2D eigenvalue weighted by Gasteiger charge is -2.13. The molecule has 7 aromatic carbocycles. The molecule has 0 saturated carbocycles. The first kappa shape index (κ1) is 29.1. The van der Waals surface area contributed by atoms with Gasteiger partial charge in [-0.2, -0.15) is 0 Å². The Morgan fingerprint density at radius 1 is 0.442 bits per heavy atom. The zero-order valence-electron chi connectivity index (χ0n) is 27.9. The quantitative estimate of drug-likeness (QED) is 0.186. The molecule has 52 heavy (non-hydrogen) atoms. The average molecular weight is 681 g/mol. The third kappa shape index (κ3) is 4.51. The predicted octanol–water partition coefficient (Wildman–Crippen LogP) is 13.7. The van der Waals surface area contributed by atoms with Crippen LogP contribution < -0.4 is 0 Å². The van der Waals surface area contributed by atoms with Crippen molar-refractivity contribution in [1.29, 1.82) is 0 Å². The number of thiophene rings is 1. The summed E-state index contributed by atoms with van der Waals surface area (Å²) < 4.78 is 9.35.